The highest BCUT2D eigenvalue weighted by Gasteiger charge is 2.34. The number of likely N-dealkylation sites (tertiary alicyclic amines) is 1. The van der Waals surface area contributed by atoms with Crippen molar-refractivity contribution < 1.29 is 27.8 Å². The van der Waals surface area contributed by atoms with Crippen molar-refractivity contribution in [3.8, 4) is 5.75 Å². The molecule has 116 valence electrons. The number of carboxylic acids is 1. The largest absolute Gasteiger partial charge is 0.492 e. The zero-order valence-electron chi connectivity index (χ0n) is 11.3. The lowest BCUT2D eigenvalue weighted by molar-refractivity contribution is -0.141. The summed E-state index contributed by atoms with van der Waals surface area (Å²) in [5.74, 6) is -1.42. The zero-order chi connectivity index (χ0) is 15.5. The van der Waals surface area contributed by atoms with Crippen molar-refractivity contribution in [2.45, 2.75) is 12.6 Å². The van der Waals surface area contributed by atoms with Gasteiger partial charge >= 0.3 is 12.1 Å². The highest BCUT2D eigenvalue weighted by molar-refractivity contribution is 5.70. The highest BCUT2D eigenvalue weighted by atomic mass is 19.4. The number of ether oxygens (including phenoxy) is 1. The summed E-state index contributed by atoms with van der Waals surface area (Å²) in [7, 11) is 0. The predicted molar refractivity (Wildman–Crippen MR) is 69.1 cm³/mol. The molecule has 1 aliphatic heterocycles. The highest BCUT2D eigenvalue weighted by Crippen LogP contribution is 2.35. The van der Waals surface area contributed by atoms with E-state index in [1.807, 2.05) is 4.90 Å². The van der Waals surface area contributed by atoms with Gasteiger partial charge in [-0.25, -0.2) is 0 Å². The molecule has 1 fully saturated rings. The molecule has 1 N–H and O–H groups in total. The van der Waals surface area contributed by atoms with E-state index < -0.39 is 23.6 Å². The van der Waals surface area contributed by atoms with Gasteiger partial charge in [0, 0.05) is 13.1 Å². The number of carboxylic acid groups (broad SMARTS) is 1. The quantitative estimate of drug-likeness (QED) is 0.908. The Morgan fingerprint density at radius 3 is 2.71 bits per heavy atom. The third kappa shape index (κ3) is 4.10. The van der Waals surface area contributed by atoms with E-state index in [9.17, 15) is 18.0 Å². The lowest BCUT2D eigenvalue weighted by atomic mass is 10.1. The number of aliphatic carboxylic acids is 1. The third-order valence-electron chi connectivity index (χ3n) is 3.48. The molecule has 0 amide bonds. The maximum absolute atomic E-state index is 12.8. The molecule has 1 saturated heterocycles. The normalized spacial score (nSPS) is 19.7. The van der Waals surface area contributed by atoms with E-state index in [1.54, 1.807) is 0 Å². The number of rotatable bonds is 5. The van der Waals surface area contributed by atoms with Crippen LogP contribution in [0.3, 0.4) is 0 Å². The van der Waals surface area contributed by atoms with Crippen LogP contribution >= 0.6 is 0 Å². The average Bonchev–Trinajstić information content (AvgIpc) is 2.87. The molecule has 7 heteroatoms. The van der Waals surface area contributed by atoms with Gasteiger partial charge in [-0.05, 0) is 25.1 Å². The first-order chi connectivity index (χ1) is 9.88. The molecule has 0 aliphatic carbocycles. The van der Waals surface area contributed by atoms with Crippen LogP contribution in [-0.2, 0) is 11.0 Å². The van der Waals surface area contributed by atoms with Gasteiger partial charge in [-0.1, -0.05) is 12.1 Å². The van der Waals surface area contributed by atoms with Gasteiger partial charge in [-0.15, -0.1) is 0 Å². The van der Waals surface area contributed by atoms with Crippen molar-refractivity contribution in [2.75, 3.05) is 26.2 Å². The second kappa shape index (κ2) is 6.34. The summed E-state index contributed by atoms with van der Waals surface area (Å²) >= 11 is 0. The summed E-state index contributed by atoms with van der Waals surface area (Å²) < 4.78 is 43.5. The molecule has 0 spiro atoms. The molecule has 1 aromatic carbocycles. The maximum atomic E-state index is 12.8. The Hall–Kier alpha value is -1.76. The van der Waals surface area contributed by atoms with Gasteiger partial charge < -0.3 is 9.84 Å². The van der Waals surface area contributed by atoms with Crippen LogP contribution in [0.15, 0.2) is 24.3 Å². The Kier molecular flexibility index (Phi) is 4.72. The van der Waals surface area contributed by atoms with Gasteiger partial charge in [0.1, 0.15) is 12.4 Å². The van der Waals surface area contributed by atoms with Gasteiger partial charge in [0.25, 0.3) is 0 Å². The number of benzene rings is 1. The smallest absolute Gasteiger partial charge is 0.419 e. The predicted octanol–water partition coefficient (Wildman–Crippen LogP) is 2.49. The summed E-state index contributed by atoms with van der Waals surface area (Å²) in [5, 5.41) is 8.88. The number of carbonyl (C=O) groups is 1. The Bertz CT molecular complexity index is 504. The molecule has 0 radical (unpaired) electrons. The number of alkyl halides is 3. The molecular formula is C14H16F3NO3. The van der Waals surface area contributed by atoms with Crippen molar-refractivity contribution in [3.05, 3.63) is 29.8 Å². The molecule has 1 aromatic rings. The van der Waals surface area contributed by atoms with Crippen LogP contribution in [0.25, 0.3) is 0 Å². The number of hydrogen-bond donors (Lipinski definition) is 1. The van der Waals surface area contributed by atoms with Crippen molar-refractivity contribution in [1.29, 1.82) is 0 Å². The second-order valence-corrected chi connectivity index (χ2v) is 4.97. The Labute approximate surface area is 120 Å². The minimum absolute atomic E-state index is 0.0967. The first-order valence-electron chi connectivity index (χ1n) is 6.62. The molecule has 0 bridgehead atoms. The summed E-state index contributed by atoms with van der Waals surface area (Å²) in [5.41, 5.74) is -0.796. The van der Waals surface area contributed by atoms with Crippen LogP contribution < -0.4 is 4.74 Å². The van der Waals surface area contributed by atoms with Crippen LogP contribution in [0.4, 0.5) is 13.2 Å². The van der Waals surface area contributed by atoms with Crippen LogP contribution in [0.5, 0.6) is 5.75 Å². The van der Waals surface area contributed by atoms with Crippen molar-refractivity contribution in [3.63, 3.8) is 0 Å². The van der Waals surface area contributed by atoms with Crippen LogP contribution in [0.1, 0.15) is 12.0 Å². The molecule has 0 aromatic heterocycles. The molecule has 21 heavy (non-hydrogen) atoms. The summed E-state index contributed by atoms with van der Waals surface area (Å²) in [6.07, 6.45) is -3.88. The van der Waals surface area contributed by atoms with E-state index in [0.717, 1.165) is 6.07 Å². The second-order valence-electron chi connectivity index (χ2n) is 4.97. The third-order valence-corrected chi connectivity index (χ3v) is 3.48. The van der Waals surface area contributed by atoms with E-state index in [1.165, 1.54) is 18.2 Å². The molecule has 2 rings (SSSR count). The lowest BCUT2D eigenvalue weighted by Gasteiger charge is -2.17. The Morgan fingerprint density at radius 2 is 2.10 bits per heavy atom. The molecular weight excluding hydrogens is 287 g/mol. The van der Waals surface area contributed by atoms with Crippen LogP contribution in [0.2, 0.25) is 0 Å². The molecule has 4 nitrogen and oxygen atoms in total. The van der Waals surface area contributed by atoms with Crippen LogP contribution in [-0.4, -0.2) is 42.2 Å². The number of para-hydroxylation sites is 1. The molecule has 1 heterocycles. The molecule has 1 aliphatic rings. The van der Waals surface area contributed by atoms with Crippen molar-refractivity contribution in [1.82, 2.24) is 4.90 Å². The van der Waals surface area contributed by atoms with Crippen molar-refractivity contribution in [2.24, 2.45) is 5.92 Å². The topological polar surface area (TPSA) is 49.8 Å². The Morgan fingerprint density at radius 1 is 1.38 bits per heavy atom. The first kappa shape index (κ1) is 15.6. The standard InChI is InChI=1S/C14H16F3NO3/c15-14(16,17)11-3-1-2-4-12(11)21-8-7-18-6-5-10(9-18)13(19)20/h1-4,10H,5-9H2,(H,19,20). The van der Waals surface area contributed by atoms with E-state index in [2.05, 4.69) is 0 Å². The first-order valence-corrected chi connectivity index (χ1v) is 6.62. The zero-order valence-corrected chi connectivity index (χ0v) is 11.3. The fraction of sp³-hybridized carbons (Fsp3) is 0.500. The van der Waals surface area contributed by atoms with Crippen molar-refractivity contribution >= 4 is 5.97 Å². The number of halogens is 3. The lowest BCUT2D eigenvalue weighted by Crippen LogP contribution is -2.28. The minimum Gasteiger partial charge on any atom is -0.492 e. The van der Waals surface area contributed by atoms with Gasteiger partial charge in [-0.2, -0.15) is 13.2 Å². The monoisotopic (exact) mass is 303 g/mol. The summed E-state index contributed by atoms with van der Waals surface area (Å²) in [4.78, 5) is 12.7. The molecule has 0 saturated carbocycles. The van der Waals surface area contributed by atoms with E-state index >= 15 is 0 Å². The molecule has 1 atom stereocenters. The van der Waals surface area contributed by atoms with E-state index in [0.29, 0.717) is 26.1 Å². The van der Waals surface area contributed by atoms with Gasteiger partial charge in [0.05, 0.1) is 11.5 Å². The number of nitrogens with zero attached hydrogens (tertiary/aromatic N) is 1. The Balaban J connectivity index is 1.86. The van der Waals surface area contributed by atoms with Gasteiger partial charge in [0.15, 0.2) is 0 Å². The van der Waals surface area contributed by atoms with Crippen LogP contribution in [0, 0.1) is 5.92 Å². The summed E-state index contributed by atoms with van der Waals surface area (Å²) in [6.45, 7) is 1.55. The van der Waals surface area contributed by atoms with Gasteiger partial charge in [-0.3, -0.25) is 9.69 Å². The SMILES string of the molecule is O=C(O)C1CCN(CCOc2ccccc2C(F)(F)F)C1. The van der Waals surface area contributed by atoms with E-state index in [-0.39, 0.29) is 12.4 Å². The van der Waals surface area contributed by atoms with Gasteiger partial charge in [0.2, 0.25) is 0 Å². The van der Waals surface area contributed by atoms with E-state index in [4.69, 9.17) is 9.84 Å². The summed E-state index contributed by atoms with van der Waals surface area (Å²) in [6, 6.07) is 5.06. The fourth-order valence-electron chi connectivity index (χ4n) is 2.35. The fourth-order valence-corrected chi connectivity index (χ4v) is 2.35. The average molecular weight is 303 g/mol. The molecule has 1 unspecified atom stereocenters. The maximum Gasteiger partial charge on any atom is 0.419 e. The number of hydrogen-bond acceptors (Lipinski definition) is 3. The minimum atomic E-state index is -4.45.